The van der Waals surface area contributed by atoms with Gasteiger partial charge in [0.25, 0.3) is 5.91 Å². The summed E-state index contributed by atoms with van der Waals surface area (Å²) in [5.41, 5.74) is 6.63. The van der Waals surface area contributed by atoms with E-state index < -0.39 is 5.54 Å². The average Bonchev–Trinajstić information content (AvgIpc) is 2.68. The average molecular weight is 408 g/mol. The zero-order valence-electron chi connectivity index (χ0n) is 15.1. The van der Waals surface area contributed by atoms with Crippen LogP contribution in [0.2, 0.25) is 5.02 Å². The number of piperazine rings is 1. The van der Waals surface area contributed by atoms with Gasteiger partial charge >= 0.3 is 0 Å². The van der Waals surface area contributed by atoms with Gasteiger partial charge in [0.1, 0.15) is 5.54 Å². The van der Waals surface area contributed by atoms with Crippen molar-refractivity contribution in [2.24, 2.45) is 5.73 Å². The molecule has 1 atom stereocenters. The quantitative estimate of drug-likeness (QED) is 0.850. The predicted octanol–water partition coefficient (Wildman–Crippen LogP) is 2.92. The monoisotopic (exact) mass is 407 g/mol. The first-order valence-corrected chi connectivity index (χ1v) is 8.96. The van der Waals surface area contributed by atoms with E-state index in [1.807, 2.05) is 30.3 Å². The van der Waals surface area contributed by atoms with Crippen molar-refractivity contribution in [1.82, 2.24) is 9.80 Å². The number of rotatable bonds is 3. The number of hydrogen-bond acceptors (Lipinski definition) is 3. The number of hydrogen-bond donors (Lipinski definition) is 1. The zero-order chi connectivity index (χ0) is 18.7. The van der Waals surface area contributed by atoms with Crippen LogP contribution >= 0.6 is 24.0 Å². The third-order valence-electron chi connectivity index (χ3n) is 4.76. The molecule has 144 valence electrons. The van der Waals surface area contributed by atoms with E-state index in [0.717, 1.165) is 5.56 Å². The lowest BCUT2D eigenvalue weighted by Gasteiger charge is -2.38. The third-order valence-corrected chi connectivity index (χ3v) is 5.01. The molecule has 0 bridgehead atoms. The number of nitrogens with two attached hydrogens (primary N) is 1. The van der Waals surface area contributed by atoms with Gasteiger partial charge in [0.2, 0.25) is 5.91 Å². The van der Waals surface area contributed by atoms with Crippen LogP contribution in [0, 0.1) is 0 Å². The third kappa shape index (κ3) is 4.61. The minimum Gasteiger partial charge on any atom is -0.337 e. The van der Waals surface area contributed by atoms with Gasteiger partial charge in [-0.1, -0.05) is 41.9 Å². The first-order valence-electron chi connectivity index (χ1n) is 8.58. The molecule has 3 rings (SSSR count). The van der Waals surface area contributed by atoms with E-state index in [-0.39, 0.29) is 24.2 Å². The van der Waals surface area contributed by atoms with Crippen LogP contribution in [-0.4, -0.2) is 47.8 Å². The molecule has 7 heteroatoms. The minimum atomic E-state index is -1.08. The van der Waals surface area contributed by atoms with E-state index in [2.05, 4.69) is 0 Å². The highest BCUT2D eigenvalue weighted by atomic mass is 35.5. The maximum Gasteiger partial charge on any atom is 0.253 e. The summed E-state index contributed by atoms with van der Waals surface area (Å²) < 4.78 is 0. The lowest BCUT2D eigenvalue weighted by molar-refractivity contribution is -0.138. The van der Waals surface area contributed by atoms with E-state index in [4.69, 9.17) is 17.3 Å². The molecule has 2 aromatic rings. The highest BCUT2D eigenvalue weighted by molar-refractivity contribution is 6.30. The number of carbonyl (C=O) groups is 2. The second kappa shape index (κ2) is 8.74. The van der Waals surface area contributed by atoms with Crippen LogP contribution in [0.25, 0.3) is 0 Å². The van der Waals surface area contributed by atoms with Crippen molar-refractivity contribution in [2.45, 2.75) is 12.5 Å². The fraction of sp³-hybridized carbons (Fsp3) is 0.300. The van der Waals surface area contributed by atoms with Gasteiger partial charge in [0.05, 0.1) is 0 Å². The Labute approximate surface area is 170 Å². The van der Waals surface area contributed by atoms with Crippen molar-refractivity contribution in [3.05, 3.63) is 70.7 Å². The highest BCUT2D eigenvalue weighted by Crippen LogP contribution is 2.21. The Hall–Kier alpha value is -2.08. The Morgan fingerprint density at radius 2 is 1.44 bits per heavy atom. The van der Waals surface area contributed by atoms with E-state index >= 15 is 0 Å². The van der Waals surface area contributed by atoms with Crippen LogP contribution in [0.1, 0.15) is 22.8 Å². The van der Waals surface area contributed by atoms with Crippen LogP contribution in [0.15, 0.2) is 54.6 Å². The molecule has 1 fully saturated rings. The number of amides is 2. The van der Waals surface area contributed by atoms with E-state index in [9.17, 15) is 9.59 Å². The smallest absolute Gasteiger partial charge is 0.253 e. The van der Waals surface area contributed by atoms with Crippen LogP contribution in [0.4, 0.5) is 0 Å². The fourth-order valence-corrected chi connectivity index (χ4v) is 3.25. The van der Waals surface area contributed by atoms with Gasteiger partial charge < -0.3 is 15.5 Å². The van der Waals surface area contributed by atoms with Gasteiger partial charge in [0, 0.05) is 36.8 Å². The summed E-state index contributed by atoms with van der Waals surface area (Å²) in [6.45, 7) is 3.64. The van der Waals surface area contributed by atoms with Gasteiger partial charge in [-0.15, -0.1) is 12.4 Å². The molecule has 1 aliphatic rings. The minimum absolute atomic E-state index is 0. The summed E-state index contributed by atoms with van der Waals surface area (Å²) in [5, 5.41) is 0.597. The largest absolute Gasteiger partial charge is 0.337 e. The van der Waals surface area contributed by atoms with Crippen molar-refractivity contribution >= 4 is 35.8 Å². The molecule has 0 spiro atoms. The first-order chi connectivity index (χ1) is 12.4. The van der Waals surface area contributed by atoms with Crippen molar-refractivity contribution in [1.29, 1.82) is 0 Å². The number of benzene rings is 2. The lowest BCUT2D eigenvalue weighted by atomic mass is 9.91. The topological polar surface area (TPSA) is 66.6 Å². The molecule has 1 saturated heterocycles. The molecule has 1 heterocycles. The number of carbonyl (C=O) groups excluding carboxylic acids is 2. The summed E-state index contributed by atoms with van der Waals surface area (Å²) in [6.07, 6.45) is 0. The normalized spacial score (nSPS) is 16.3. The SMILES string of the molecule is CC(N)(C(=O)N1CCN(C(=O)c2ccc(Cl)cc2)CC1)c1ccccc1.Cl. The molecule has 0 saturated carbocycles. The molecular formula is C20H23Cl2N3O2. The lowest BCUT2D eigenvalue weighted by Crippen LogP contribution is -2.57. The first kappa shape index (κ1) is 21.2. The van der Waals surface area contributed by atoms with Gasteiger partial charge in [-0.3, -0.25) is 9.59 Å². The Balaban J connectivity index is 0.00000261. The van der Waals surface area contributed by atoms with Gasteiger partial charge in [0.15, 0.2) is 0 Å². The standard InChI is InChI=1S/C20H22ClN3O2.ClH/c1-20(22,16-5-3-2-4-6-16)19(26)24-13-11-23(12-14-24)18(25)15-7-9-17(21)10-8-15;/h2-10H,11-14,22H2,1H3;1H. The van der Waals surface area contributed by atoms with E-state index in [1.54, 1.807) is 41.0 Å². The zero-order valence-corrected chi connectivity index (χ0v) is 16.7. The van der Waals surface area contributed by atoms with Crippen molar-refractivity contribution in [3.63, 3.8) is 0 Å². The van der Waals surface area contributed by atoms with Crippen LogP contribution < -0.4 is 5.73 Å². The fourth-order valence-electron chi connectivity index (χ4n) is 3.12. The predicted molar refractivity (Wildman–Crippen MR) is 109 cm³/mol. The summed E-state index contributed by atoms with van der Waals surface area (Å²) >= 11 is 5.87. The molecule has 0 radical (unpaired) electrons. The molecule has 2 aromatic carbocycles. The van der Waals surface area contributed by atoms with E-state index in [1.165, 1.54) is 0 Å². The van der Waals surface area contributed by atoms with Gasteiger partial charge in [-0.2, -0.15) is 0 Å². The molecule has 1 aliphatic heterocycles. The Kier molecular flexibility index (Phi) is 6.87. The summed E-state index contributed by atoms with van der Waals surface area (Å²) in [6, 6.07) is 16.2. The molecule has 1 unspecified atom stereocenters. The van der Waals surface area contributed by atoms with Crippen molar-refractivity contribution < 1.29 is 9.59 Å². The highest BCUT2D eigenvalue weighted by Gasteiger charge is 2.36. The maximum atomic E-state index is 12.9. The van der Waals surface area contributed by atoms with Crippen molar-refractivity contribution in [2.75, 3.05) is 26.2 Å². The maximum absolute atomic E-state index is 12.9. The van der Waals surface area contributed by atoms with Crippen LogP contribution in [-0.2, 0) is 10.3 Å². The second-order valence-corrected chi connectivity index (χ2v) is 7.10. The molecule has 0 aliphatic carbocycles. The van der Waals surface area contributed by atoms with Gasteiger partial charge in [-0.25, -0.2) is 0 Å². The Morgan fingerprint density at radius 3 is 2.00 bits per heavy atom. The second-order valence-electron chi connectivity index (χ2n) is 6.66. The van der Waals surface area contributed by atoms with Crippen molar-refractivity contribution in [3.8, 4) is 0 Å². The summed E-state index contributed by atoms with van der Waals surface area (Å²) in [5.74, 6) is -0.172. The van der Waals surface area contributed by atoms with Crippen LogP contribution in [0.3, 0.4) is 0 Å². The number of halogens is 2. The molecule has 2 amide bonds. The molecule has 2 N–H and O–H groups in total. The molecule has 0 aromatic heterocycles. The molecule has 27 heavy (non-hydrogen) atoms. The van der Waals surface area contributed by atoms with E-state index in [0.29, 0.717) is 36.8 Å². The molecule has 5 nitrogen and oxygen atoms in total. The van der Waals surface area contributed by atoms with Crippen LogP contribution in [0.5, 0.6) is 0 Å². The van der Waals surface area contributed by atoms with Gasteiger partial charge in [-0.05, 0) is 36.8 Å². The summed E-state index contributed by atoms with van der Waals surface area (Å²) in [4.78, 5) is 28.9. The summed E-state index contributed by atoms with van der Waals surface area (Å²) in [7, 11) is 0. The Morgan fingerprint density at radius 1 is 0.926 bits per heavy atom. The Bertz CT molecular complexity index is 787. The molecular weight excluding hydrogens is 385 g/mol. The number of nitrogens with zero attached hydrogens (tertiary/aromatic N) is 2.